The molecule has 0 radical (unpaired) electrons. The minimum absolute atomic E-state index is 0.176. The SMILES string of the molecule is CC(C)(C)NCC1CC1c1cc(Cl)c2c(c1)OCCCO2. The van der Waals surface area contributed by atoms with E-state index in [0.717, 1.165) is 18.7 Å². The fourth-order valence-electron chi connectivity index (χ4n) is 2.78. The van der Waals surface area contributed by atoms with Crippen LogP contribution in [-0.2, 0) is 0 Å². The lowest BCUT2D eigenvalue weighted by Gasteiger charge is -2.20. The first kappa shape index (κ1) is 15.0. The van der Waals surface area contributed by atoms with Gasteiger partial charge < -0.3 is 14.8 Å². The Labute approximate surface area is 132 Å². The molecular formula is C17H24ClNO2. The van der Waals surface area contributed by atoms with Crippen LogP contribution in [0.15, 0.2) is 12.1 Å². The number of rotatable bonds is 3. The summed E-state index contributed by atoms with van der Waals surface area (Å²) in [6.45, 7) is 9.04. The molecule has 2 atom stereocenters. The molecule has 1 saturated carbocycles. The van der Waals surface area contributed by atoms with Crippen LogP contribution < -0.4 is 14.8 Å². The Bertz CT molecular complexity index is 524. The number of hydrogen-bond acceptors (Lipinski definition) is 3. The Morgan fingerprint density at radius 2 is 2.00 bits per heavy atom. The van der Waals surface area contributed by atoms with Crippen LogP contribution in [0, 0.1) is 5.92 Å². The molecule has 1 aliphatic carbocycles. The molecule has 3 nitrogen and oxygen atoms in total. The van der Waals surface area contributed by atoms with Crippen LogP contribution in [0.2, 0.25) is 5.02 Å². The van der Waals surface area contributed by atoms with Gasteiger partial charge in [0.2, 0.25) is 0 Å². The van der Waals surface area contributed by atoms with E-state index < -0.39 is 0 Å². The number of fused-ring (bicyclic) bond motifs is 1. The molecule has 0 bridgehead atoms. The van der Waals surface area contributed by atoms with Crippen molar-refractivity contribution < 1.29 is 9.47 Å². The number of ether oxygens (including phenoxy) is 2. The van der Waals surface area contributed by atoms with Crippen LogP contribution in [0.4, 0.5) is 0 Å². The molecule has 0 saturated heterocycles. The lowest BCUT2D eigenvalue weighted by atomic mass is 10.1. The van der Waals surface area contributed by atoms with Crippen LogP contribution in [0.1, 0.15) is 45.1 Å². The van der Waals surface area contributed by atoms with E-state index in [-0.39, 0.29) is 5.54 Å². The maximum Gasteiger partial charge on any atom is 0.179 e. The molecule has 116 valence electrons. The highest BCUT2D eigenvalue weighted by Gasteiger charge is 2.39. The Morgan fingerprint density at radius 3 is 2.76 bits per heavy atom. The Morgan fingerprint density at radius 1 is 1.24 bits per heavy atom. The van der Waals surface area contributed by atoms with Crippen LogP contribution in [-0.4, -0.2) is 25.3 Å². The molecule has 1 aliphatic heterocycles. The molecule has 21 heavy (non-hydrogen) atoms. The van der Waals surface area contributed by atoms with Crippen molar-refractivity contribution in [2.75, 3.05) is 19.8 Å². The maximum atomic E-state index is 6.37. The molecule has 1 heterocycles. The third kappa shape index (κ3) is 3.64. The summed E-state index contributed by atoms with van der Waals surface area (Å²) in [5.41, 5.74) is 1.46. The van der Waals surface area contributed by atoms with E-state index in [4.69, 9.17) is 21.1 Å². The van der Waals surface area contributed by atoms with Crippen LogP contribution in [0.25, 0.3) is 0 Å². The van der Waals surface area contributed by atoms with Gasteiger partial charge in [-0.2, -0.15) is 0 Å². The molecule has 0 spiro atoms. The number of halogens is 1. The summed E-state index contributed by atoms with van der Waals surface area (Å²) in [6, 6.07) is 4.17. The Hall–Kier alpha value is -0.930. The monoisotopic (exact) mass is 309 g/mol. The molecule has 1 N–H and O–H groups in total. The first-order chi connectivity index (χ1) is 9.94. The zero-order chi connectivity index (χ0) is 15.0. The van der Waals surface area contributed by atoms with Gasteiger partial charge in [-0.3, -0.25) is 0 Å². The average Bonchev–Trinajstić information content (AvgIpc) is 3.19. The molecule has 0 aromatic heterocycles. The van der Waals surface area contributed by atoms with Gasteiger partial charge in [0, 0.05) is 12.0 Å². The summed E-state index contributed by atoms with van der Waals surface area (Å²) in [5.74, 6) is 2.81. The summed E-state index contributed by atoms with van der Waals surface area (Å²) >= 11 is 6.37. The van der Waals surface area contributed by atoms with E-state index in [1.165, 1.54) is 12.0 Å². The van der Waals surface area contributed by atoms with Gasteiger partial charge in [-0.05, 0) is 63.3 Å². The van der Waals surface area contributed by atoms with Crippen molar-refractivity contribution in [3.63, 3.8) is 0 Å². The molecule has 1 fully saturated rings. The highest BCUT2D eigenvalue weighted by atomic mass is 35.5. The lowest BCUT2D eigenvalue weighted by molar-refractivity contribution is 0.297. The van der Waals surface area contributed by atoms with Crippen molar-refractivity contribution >= 4 is 11.6 Å². The molecule has 1 aromatic carbocycles. The molecule has 4 heteroatoms. The third-order valence-electron chi connectivity index (χ3n) is 4.07. The summed E-state index contributed by atoms with van der Waals surface area (Å²) in [7, 11) is 0. The highest BCUT2D eigenvalue weighted by molar-refractivity contribution is 6.32. The predicted octanol–water partition coefficient (Wildman–Crippen LogP) is 3.99. The first-order valence-electron chi connectivity index (χ1n) is 7.78. The fraction of sp³-hybridized carbons (Fsp3) is 0.647. The maximum absolute atomic E-state index is 6.37. The number of benzene rings is 1. The van der Waals surface area contributed by atoms with Gasteiger partial charge in [-0.1, -0.05) is 11.6 Å². The van der Waals surface area contributed by atoms with Crippen LogP contribution in [0.3, 0.4) is 0 Å². The molecule has 3 rings (SSSR count). The standard InChI is InChI=1S/C17H24ClNO2/c1-17(2,3)19-10-12-7-13(12)11-8-14(18)16-15(9-11)20-5-4-6-21-16/h8-9,12-13,19H,4-7,10H2,1-3H3. The van der Waals surface area contributed by atoms with E-state index in [2.05, 4.69) is 38.2 Å². The van der Waals surface area contributed by atoms with Gasteiger partial charge in [0.1, 0.15) is 0 Å². The summed E-state index contributed by atoms with van der Waals surface area (Å²) in [5, 5.41) is 4.26. The zero-order valence-electron chi connectivity index (χ0n) is 13.0. The van der Waals surface area contributed by atoms with Gasteiger partial charge in [0.15, 0.2) is 11.5 Å². The topological polar surface area (TPSA) is 30.5 Å². The number of nitrogens with one attached hydrogen (secondary N) is 1. The fourth-order valence-corrected chi connectivity index (χ4v) is 3.06. The third-order valence-corrected chi connectivity index (χ3v) is 4.35. The smallest absolute Gasteiger partial charge is 0.179 e. The largest absolute Gasteiger partial charge is 0.489 e. The molecular weight excluding hydrogens is 286 g/mol. The second-order valence-electron chi connectivity index (χ2n) is 7.11. The summed E-state index contributed by atoms with van der Waals surface area (Å²) in [4.78, 5) is 0. The number of hydrogen-bond donors (Lipinski definition) is 1. The van der Waals surface area contributed by atoms with Gasteiger partial charge >= 0.3 is 0 Å². The van der Waals surface area contributed by atoms with Crippen molar-refractivity contribution in [3.05, 3.63) is 22.7 Å². The van der Waals surface area contributed by atoms with E-state index in [1.54, 1.807) is 0 Å². The van der Waals surface area contributed by atoms with Crippen molar-refractivity contribution in [2.45, 2.75) is 45.1 Å². The van der Waals surface area contributed by atoms with E-state index in [9.17, 15) is 0 Å². The second kappa shape index (κ2) is 5.69. The van der Waals surface area contributed by atoms with Gasteiger partial charge in [-0.25, -0.2) is 0 Å². The van der Waals surface area contributed by atoms with Gasteiger partial charge in [0.25, 0.3) is 0 Å². The minimum Gasteiger partial charge on any atom is -0.489 e. The summed E-state index contributed by atoms with van der Waals surface area (Å²) in [6.07, 6.45) is 2.13. The quantitative estimate of drug-likeness (QED) is 0.915. The Kier molecular flexibility index (Phi) is 4.06. The van der Waals surface area contributed by atoms with Crippen molar-refractivity contribution in [2.24, 2.45) is 5.92 Å². The van der Waals surface area contributed by atoms with E-state index >= 15 is 0 Å². The van der Waals surface area contributed by atoms with Crippen molar-refractivity contribution in [3.8, 4) is 11.5 Å². The second-order valence-corrected chi connectivity index (χ2v) is 7.52. The van der Waals surface area contributed by atoms with Crippen LogP contribution in [0.5, 0.6) is 11.5 Å². The normalized spacial score (nSPS) is 24.6. The Balaban J connectivity index is 1.70. The van der Waals surface area contributed by atoms with E-state index in [0.29, 0.717) is 35.8 Å². The summed E-state index contributed by atoms with van der Waals surface area (Å²) < 4.78 is 11.5. The molecule has 2 aliphatic rings. The zero-order valence-corrected chi connectivity index (χ0v) is 13.8. The molecule has 2 unspecified atom stereocenters. The lowest BCUT2D eigenvalue weighted by Crippen LogP contribution is -2.37. The minimum atomic E-state index is 0.176. The molecule has 0 amide bonds. The first-order valence-corrected chi connectivity index (χ1v) is 8.16. The highest BCUT2D eigenvalue weighted by Crippen LogP contribution is 2.50. The predicted molar refractivity (Wildman–Crippen MR) is 85.7 cm³/mol. The van der Waals surface area contributed by atoms with E-state index in [1.807, 2.05) is 0 Å². The van der Waals surface area contributed by atoms with Crippen molar-refractivity contribution in [1.29, 1.82) is 0 Å². The van der Waals surface area contributed by atoms with Crippen molar-refractivity contribution in [1.82, 2.24) is 5.32 Å². The van der Waals surface area contributed by atoms with Gasteiger partial charge in [0.05, 0.1) is 18.2 Å². The average molecular weight is 310 g/mol. The van der Waals surface area contributed by atoms with Crippen LogP contribution >= 0.6 is 11.6 Å². The molecule has 1 aromatic rings. The van der Waals surface area contributed by atoms with Gasteiger partial charge in [-0.15, -0.1) is 0 Å².